The minimum Gasteiger partial charge on any atom is -0.423 e. The second-order valence-electron chi connectivity index (χ2n) is 2.99. The van der Waals surface area contributed by atoms with Crippen molar-refractivity contribution in [3.05, 3.63) is 42.0 Å². The standard InChI is InChI=1S/C11H12O2/c1-8(2)11(12)13-10-6-4-5-9(3)7-10/h4-7H,1H2,2-3H3. The Morgan fingerprint density at radius 1 is 1.46 bits per heavy atom. The number of benzene rings is 1. The van der Waals surface area contributed by atoms with Gasteiger partial charge >= 0.3 is 5.97 Å². The number of carbonyl (C=O) groups is 1. The van der Waals surface area contributed by atoms with Crippen LogP contribution in [0, 0.1) is 6.92 Å². The van der Waals surface area contributed by atoms with Gasteiger partial charge in [0.25, 0.3) is 0 Å². The summed E-state index contributed by atoms with van der Waals surface area (Å²) in [6, 6.07) is 7.34. The smallest absolute Gasteiger partial charge is 0.338 e. The Kier molecular flexibility index (Phi) is 2.85. The van der Waals surface area contributed by atoms with Gasteiger partial charge in [-0.1, -0.05) is 18.7 Å². The van der Waals surface area contributed by atoms with Crippen molar-refractivity contribution in [3.8, 4) is 5.75 Å². The van der Waals surface area contributed by atoms with E-state index in [1.807, 2.05) is 19.1 Å². The minimum absolute atomic E-state index is 0.384. The zero-order chi connectivity index (χ0) is 9.84. The van der Waals surface area contributed by atoms with E-state index in [1.54, 1.807) is 19.1 Å². The molecule has 0 bridgehead atoms. The molecule has 1 aromatic carbocycles. The van der Waals surface area contributed by atoms with E-state index >= 15 is 0 Å². The van der Waals surface area contributed by atoms with Crippen LogP contribution >= 0.6 is 0 Å². The van der Waals surface area contributed by atoms with Gasteiger partial charge in [0.05, 0.1) is 0 Å². The van der Waals surface area contributed by atoms with Crippen molar-refractivity contribution in [3.63, 3.8) is 0 Å². The Bertz CT molecular complexity index is 340. The summed E-state index contributed by atoms with van der Waals surface area (Å²) in [6.45, 7) is 7.06. The molecular formula is C11H12O2. The maximum atomic E-state index is 11.1. The van der Waals surface area contributed by atoms with E-state index < -0.39 is 0 Å². The van der Waals surface area contributed by atoms with Crippen molar-refractivity contribution < 1.29 is 9.53 Å². The fraction of sp³-hybridized carbons (Fsp3) is 0.182. The second kappa shape index (κ2) is 3.90. The zero-order valence-electron chi connectivity index (χ0n) is 7.83. The Balaban J connectivity index is 2.75. The lowest BCUT2D eigenvalue weighted by Crippen LogP contribution is -2.07. The van der Waals surface area contributed by atoms with Gasteiger partial charge in [0, 0.05) is 5.57 Å². The summed E-state index contributed by atoms with van der Waals surface area (Å²) >= 11 is 0. The van der Waals surface area contributed by atoms with Gasteiger partial charge in [-0.05, 0) is 31.5 Å². The van der Waals surface area contributed by atoms with Crippen LogP contribution in [-0.4, -0.2) is 5.97 Å². The molecule has 0 spiro atoms. The fourth-order valence-electron chi connectivity index (χ4n) is 0.873. The van der Waals surface area contributed by atoms with Crippen LogP contribution in [0.4, 0.5) is 0 Å². The van der Waals surface area contributed by atoms with Crippen LogP contribution < -0.4 is 4.74 Å². The first-order chi connectivity index (χ1) is 6.09. The zero-order valence-corrected chi connectivity index (χ0v) is 7.83. The maximum absolute atomic E-state index is 11.1. The van der Waals surface area contributed by atoms with E-state index in [4.69, 9.17) is 4.74 Å². The van der Waals surface area contributed by atoms with Gasteiger partial charge in [-0.2, -0.15) is 0 Å². The molecule has 13 heavy (non-hydrogen) atoms. The SMILES string of the molecule is C=C(C)C(=O)Oc1cccc(C)c1. The van der Waals surface area contributed by atoms with Gasteiger partial charge in [0.2, 0.25) is 0 Å². The van der Waals surface area contributed by atoms with E-state index in [0.717, 1.165) is 5.56 Å². The average molecular weight is 176 g/mol. The van der Waals surface area contributed by atoms with E-state index in [9.17, 15) is 4.79 Å². The average Bonchev–Trinajstić information content (AvgIpc) is 2.04. The highest BCUT2D eigenvalue weighted by molar-refractivity contribution is 5.88. The van der Waals surface area contributed by atoms with E-state index in [-0.39, 0.29) is 5.97 Å². The molecule has 0 fully saturated rings. The van der Waals surface area contributed by atoms with Crippen LogP contribution in [0.2, 0.25) is 0 Å². The number of aryl methyl sites for hydroxylation is 1. The topological polar surface area (TPSA) is 26.3 Å². The lowest BCUT2D eigenvalue weighted by molar-refractivity contribution is -0.130. The summed E-state index contributed by atoms with van der Waals surface area (Å²) in [6.07, 6.45) is 0. The van der Waals surface area contributed by atoms with Crippen LogP contribution in [0.25, 0.3) is 0 Å². The number of hydrogen-bond donors (Lipinski definition) is 0. The molecule has 0 unspecified atom stereocenters. The van der Waals surface area contributed by atoms with E-state index in [0.29, 0.717) is 11.3 Å². The Morgan fingerprint density at radius 2 is 2.15 bits per heavy atom. The third-order valence-electron chi connectivity index (χ3n) is 1.55. The Labute approximate surface area is 77.8 Å². The van der Waals surface area contributed by atoms with Gasteiger partial charge in [-0.25, -0.2) is 4.79 Å². The summed E-state index contributed by atoms with van der Waals surface area (Å²) in [4.78, 5) is 11.1. The van der Waals surface area contributed by atoms with Crippen molar-refractivity contribution in [1.29, 1.82) is 0 Å². The normalized spacial score (nSPS) is 9.38. The summed E-state index contributed by atoms with van der Waals surface area (Å²) in [7, 11) is 0. The second-order valence-corrected chi connectivity index (χ2v) is 2.99. The molecule has 68 valence electrons. The van der Waals surface area contributed by atoms with Gasteiger partial charge in [-0.3, -0.25) is 0 Å². The third kappa shape index (κ3) is 2.75. The highest BCUT2D eigenvalue weighted by Crippen LogP contribution is 2.13. The number of carbonyl (C=O) groups excluding carboxylic acids is 1. The molecule has 0 saturated heterocycles. The number of esters is 1. The molecule has 0 aliphatic rings. The van der Waals surface area contributed by atoms with E-state index in [1.165, 1.54) is 0 Å². The lowest BCUT2D eigenvalue weighted by atomic mass is 10.2. The molecule has 0 aliphatic carbocycles. The van der Waals surface area contributed by atoms with Gasteiger partial charge in [-0.15, -0.1) is 0 Å². The van der Waals surface area contributed by atoms with Gasteiger partial charge in [0.1, 0.15) is 5.75 Å². The molecule has 0 N–H and O–H groups in total. The molecule has 0 saturated carbocycles. The van der Waals surface area contributed by atoms with Crippen molar-refractivity contribution in [1.82, 2.24) is 0 Å². The first-order valence-electron chi connectivity index (χ1n) is 4.04. The summed E-state index contributed by atoms with van der Waals surface area (Å²) in [5.74, 6) is 0.179. The minimum atomic E-state index is -0.384. The van der Waals surface area contributed by atoms with Crippen molar-refractivity contribution in [2.45, 2.75) is 13.8 Å². The molecular weight excluding hydrogens is 164 g/mol. The molecule has 0 aliphatic heterocycles. The van der Waals surface area contributed by atoms with Crippen LogP contribution in [-0.2, 0) is 4.79 Å². The molecule has 0 heterocycles. The molecule has 0 radical (unpaired) electrons. The molecule has 1 aromatic rings. The largest absolute Gasteiger partial charge is 0.423 e. The molecule has 0 aromatic heterocycles. The highest BCUT2D eigenvalue weighted by atomic mass is 16.5. The number of rotatable bonds is 2. The van der Waals surface area contributed by atoms with Crippen molar-refractivity contribution in [2.75, 3.05) is 0 Å². The molecule has 0 atom stereocenters. The Hall–Kier alpha value is -1.57. The monoisotopic (exact) mass is 176 g/mol. The quantitative estimate of drug-likeness (QED) is 0.393. The number of ether oxygens (including phenoxy) is 1. The number of hydrogen-bond acceptors (Lipinski definition) is 2. The van der Waals surface area contributed by atoms with Crippen molar-refractivity contribution >= 4 is 5.97 Å². The summed E-state index contributed by atoms with van der Waals surface area (Å²) < 4.78 is 5.02. The van der Waals surface area contributed by atoms with Gasteiger partial charge in [0.15, 0.2) is 0 Å². The molecule has 0 amide bonds. The third-order valence-corrected chi connectivity index (χ3v) is 1.55. The predicted molar refractivity (Wildman–Crippen MR) is 51.6 cm³/mol. The van der Waals surface area contributed by atoms with Crippen LogP contribution in [0.15, 0.2) is 36.4 Å². The van der Waals surface area contributed by atoms with Gasteiger partial charge < -0.3 is 4.74 Å². The fourth-order valence-corrected chi connectivity index (χ4v) is 0.873. The summed E-state index contributed by atoms with van der Waals surface area (Å²) in [5.41, 5.74) is 1.47. The van der Waals surface area contributed by atoms with E-state index in [2.05, 4.69) is 6.58 Å². The van der Waals surface area contributed by atoms with Crippen molar-refractivity contribution in [2.24, 2.45) is 0 Å². The molecule has 1 rings (SSSR count). The summed E-state index contributed by atoms with van der Waals surface area (Å²) in [5, 5.41) is 0. The molecule has 2 heteroatoms. The maximum Gasteiger partial charge on any atom is 0.338 e. The first kappa shape index (κ1) is 9.52. The first-order valence-corrected chi connectivity index (χ1v) is 4.04. The molecule has 2 nitrogen and oxygen atoms in total. The lowest BCUT2D eigenvalue weighted by Gasteiger charge is -2.03. The van der Waals surface area contributed by atoms with Crippen LogP contribution in [0.3, 0.4) is 0 Å². The highest BCUT2D eigenvalue weighted by Gasteiger charge is 2.04. The van der Waals surface area contributed by atoms with Crippen LogP contribution in [0.5, 0.6) is 5.75 Å². The predicted octanol–water partition coefficient (Wildman–Crippen LogP) is 2.48. The van der Waals surface area contributed by atoms with Crippen LogP contribution in [0.1, 0.15) is 12.5 Å². The Morgan fingerprint density at radius 3 is 2.69 bits per heavy atom.